The normalized spacial score (nSPS) is 18.7. The van der Waals surface area contributed by atoms with Gasteiger partial charge in [0.15, 0.2) is 0 Å². The Morgan fingerprint density at radius 3 is 3.00 bits per heavy atom. The topological polar surface area (TPSA) is 61.4 Å². The van der Waals surface area contributed by atoms with Gasteiger partial charge < -0.3 is 15.7 Å². The Balaban J connectivity index is 1.90. The number of fused-ring (bicyclic) bond motifs is 1. The molecule has 1 aliphatic rings. The highest BCUT2D eigenvalue weighted by Crippen LogP contribution is 2.37. The predicted octanol–water partition coefficient (Wildman–Crippen LogP) is 3.07. The molecule has 0 radical (unpaired) electrons. The molecule has 2 amide bonds. The molecule has 0 aliphatic carbocycles. The number of amides is 2. The van der Waals surface area contributed by atoms with E-state index in [9.17, 15) is 14.3 Å². The van der Waals surface area contributed by atoms with Gasteiger partial charge in [-0.25, -0.2) is 9.18 Å². The van der Waals surface area contributed by atoms with Crippen LogP contribution in [0.4, 0.5) is 9.18 Å². The van der Waals surface area contributed by atoms with E-state index in [0.29, 0.717) is 17.2 Å². The Morgan fingerprint density at radius 1 is 1.50 bits per heavy atom. The average Bonchev–Trinajstić information content (AvgIpc) is 2.46. The van der Waals surface area contributed by atoms with Gasteiger partial charge in [0.2, 0.25) is 0 Å². The molecule has 1 aromatic carbocycles. The second-order valence-electron chi connectivity index (χ2n) is 5.99. The fourth-order valence-corrected chi connectivity index (χ4v) is 3.72. The molecule has 0 saturated heterocycles. The van der Waals surface area contributed by atoms with Gasteiger partial charge in [-0.3, -0.25) is 0 Å². The molecule has 0 bridgehead atoms. The molecule has 1 aromatic rings. The van der Waals surface area contributed by atoms with Gasteiger partial charge in [-0.05, 0) is 30.4 Å². The lowest BCUT2D eigenvalue weighted by Gasteiger charge is -2.26. The molecule has 0 spiro atoms. The first kappa shape index (κ1) is 17.1. The van der Waals surface area contributed by atoms with Crippen molar-refractivity contribution in [3.63, 3.8) is 0 Å². The van der Waals surface area contributed by atoms with Crippen LogP contribution in [0, 0.1) is 11.7 Å². The summed E-state index contributed by atoms with van der Waals surface area (Å²) >= 11 is 1.48. The average molecular weight is 326 g/mol. The SMILES string of the molecule is CC(C)CC(O)CNC(=O)NC1CCSc2c(F)cccc21. The first-order chi connectivity index (χ1) is 10.5. The number of rotatable bonds is 5. The summed E-state index contributed by atoms with van der Waals surface area (Å²) in [6.45, 7) is 4.27. The highest BCUT2D eigenvalue weighted by Gasteiger charge is 2.24. The quantitative estimate of drug-likeness (QED) is 0.779. The number of carbonyl (C=O) groups excluding carboxylic acids is 1. The van der Waals surface area contributed by atoms with Crippen LogP contribution in [-0.4, -0.2) is 29.5 Å². The molecule has 0 fully saturated rings. The van der Waals surface area contributed by atoms with Gasteiger partial charge in [0.05, 0.1) is 12.1 Å². The molecule has 22 heavy (non-hydrogen) atoms. The number of hydrogen-bond acceptors (Lipinski definition) is 3. The number of carbonyl (C=O) groups is 1. The molecule has 0 saturated carbocycles. The van der Waals surface area contributed by atoms with Crippen LogP contribution in [0.1, 0.15) is 38.3 Å². The van der Waals surface area contributed by atoms with E-state index in [4.69, 9.17) is 0 Å². The minimum absolute atomic E-state index is 0.186. The zero-order valence-electron chi connectivity index (χ0n) is 12.9. The highest BCUT2D eigenvalue weighted by atomic mass is 32.2. The Bertz CT molecular complexity index is 525. The van der Waals surface area contributed by atoms with E-state index < -0.39 is 6.10 Å². The van der Waals surface area contributed by atoms with Crippen molar-refractivity contribution >= 4 is 17.8 Å². The Morgan fingerprint density at radius 2 is 2.27 bits per heavy atom. The fourth-order valence-electron chi connectivity index (χ4n) is 2.58. The summed E-state index contributed by atoms with van der Waals surface area (Å²) in [5.74, 6) is 0.918. The maximum Gasteiger partial charge on any atom is 0.315 e. The zero-order chi connectivity index (χ0) is 16.1. The summed E-state index contributed by atoms with van der Waals surface area (Å²) in [5.41, 5.74) is 0.828. The van der Waals surface area contributed by atoms with Gasteiger partial charge >= 0.3 is 6.03 Å². The molecule has 4 nitrogen and oxygen atoms in total. The Hall–Kier alpha value is -1.27. The van der Waals surface area contributed by atoms with Crippen LogP contribution < -0.4 is 10.6 Å². The number of hydrogen-bond donors (Lipinski definition) is 3. The number of halogens is 1. The van der Waals surface area contributed by atoms with Crippen molar-refractivity contribution < 1.29 is 14.3 Å². The monoisotopic (exact) mass is 326 g/mol. The lowest BCUT2D eigenvalue weighted by Crippen LogP contribution is -2.42. The molecule has 122 valence electrons. The lowest BCUT2D eigenvalue weighted by molar-refractivity contribution is 0.146. The van der Waals surface area contributed by atoms with Gasteiger partial charge in [0.1, 0.15) is 5.82 Å². The molecule has 2 atom stereocenters. The van der Waals surface area contributed by atoms with Crippen LogP contribution in [-0.2, 0) is 0 Å². The summed E-state index contributed by atoms with van der Waals surface area (Å²) in [4.78, 5) is 12.6. The van der Waals surface area contributed by atoms with Crippen molar-refractivity contribution in [2.45, 2.75) is 43.7 Å². The van der Waals surface area contributed by atoms with Crippen LogP contribution in [0.5, 0.6) is 0 Å². The maximum atomic E-state index is 13.8. The molecule has 2 rings (SSSR count). The van der Waals surface area contributed by atoms with Gasteiger partial charge in [0, 0.05) is 17.2 Å². The lowest BCUT2D eigenvalue weighted by atomic mass is 10.0. The van der Waals surface area contributed by atoms with Crippen molar-refractivity contribution in [2.75, 3.05) is 12.3 Å². The first-order valence-electron chi connectivity index (χ1n) is 7.61. The third-order valence-electron chi connectivity index (χ3n) is 3.57. The minimum Gasteiger partial charge on any atom is -0.391 e. The third kappa shape index (κ3) is 4.61. The largest absolute Gasteiger partial charge is 0.391 e. The van der Waals surface area contributed by atoms with Gasteiger partial charge in [-0.1, -0.05) is 26.0 Å². The van der Waals surface area contributed by atoms with E-state index in [1.807, 2.05) is 19.9 Å². The molecule has 1 aliphatic heterocycles. The van der Waals surface area contributed by atoms with Crippen LogP contribution in [0.15, 0.2) is 23.1 Å². The molecule has 0 aromatic heterocycles. The van der Waals surface area contributed by atoms with Gasteiger partial charge in [-0.2, -0.15) is 0 Å². The summed E-state index contributed by atoms with van der Waals surface area (Å²) in [6.07, 6.45) is 0.870. The van der Waals surface area contributed by atoms with E-state index in [1.54, 1.807) is 6.07 Å². The molecular weight excluding hydrogens is 303 g/mol. The summed E-state index contributed by atoms with van der Waals surface area (Å²) in [6, 6.07) is 4.45. The van der Waals surface area contributed by atoms with Crippen molar-refractivity contribution in [3.8, 4) is 0 Å². The zero-order valence-corrected chi connectivity index (χ0v) is 13.8. The molecule has 3 N–H and O–H groups in total. The van der Waals surface area contributed by atoms with Gasteiger partial charge in [-0.15, -0.1) is 11.8 Å². The molecule has 1 heterocycles. The van der Waals surface area contributed by atoms with Crippen LogP contribution in [0.3, 0.4) is 0 Å². The number of aliphatic hydroxyl groups excluding tert-OH is 1. The van der Waals surface area contributed by atoms with E-state index in [-0.39, 0.29) is 24.4 Å². The second kappa shape index (κ2) is 7.83. The van der Waals surface area contributed by atoms with E-state index in [0.717, 1.165) is 17.7 Å². The fraction of sp³-hybridized carbons (Fsp3) is 0.562. The smallest absolute Gasteiger partial charge is 0.315 e. The molecular formula is C16H23FN2O2S. The number of aliphatic hydroxyl groups is 1. The summed E-state index contributed by atoms with van der Waals surface area (Å²) in [7, 11) is 0. The standard InChI is InChI=1S/C16H23FN2O2S/c1-10(2)8-11(20)9-18-16(21)19-14-6-7-22-15-12(14)4-3-5-13(15)17/h3-5,10-11,14,20H,6-9H2,1-2H3,(H2,18,19,21). The highest BCUT2D eigenvalue weighted by molar-refractivity contribution is 7.99. The number of benzene rings is 1. The first-order valence-corrected chi connectivity index (χ1v) is 8.59. The Kier molecular flexibility index (Phi) is 6.08. The van der Waals surface area contributed by atoms with Crippen LogP contribution in [0.25, 0.3) is 0 Å². The number of nitrogens with one attached hydrogen (secondary N) is 2. The minimum atomic E-state index is -0.544. The second-order valence-corrected chi connectivity index (χ2v) is 7.09. The molecule has 2 unspecified atom stereocenters. The van der Waals surface area contributed by atoms with Crippen molar-refractivity contribution in [3.05, 3.63) is 29.6 Å². The van der Waals surface area contributed by atoms with Crippen molar-refractivity contribution in [1.29, 1.82) is 0 Å². The van der Waals surface area contributed by atoms with Gasteiger partial charge in [0.25, 0.3) is 0 Å². The summed E-state index contributed by atoms with van der Waals surface area (Å²) < 4.78 is 13.8. The van der Waals surface area contributed by atoms with Crippen LogP contribution in [0.2, 0.25) is 0 Å². The number of thioether (sulfide) groups is 1. The third-order valence-corrected chi connectivity index (χ3v) is 4.73. The molecule has 6 heteroatoms. The Labute approximate surface area is 134 Å². The maximum absolute atomic E-state index is 13.8. The van der Waals surface area contributed by atoms with E-state index in [2.05, 4.69) is 10.6 Å². The van der Waals surface area contributed by atoms with Crippen molar-refractivity contribution in [1.82, 2.24) is 10.6 Å². The van der Waals surface area contributed by atoms with E-state index in [1.165, 1.54) is 17.8 Å². The number of urea groups is 1. The van der Waals surface area contributed by atoms with E-state index >= 15 is 0 Å². The summed E-state index contributed by atoms with van der Waals surface area (Å²) in [5, 5.41) is 15.3. The van der Waals surface area contributed by atoms with Crippen LogP contribution >= 0.6 is 11.8 Å². The van der Waals surface area contributed by atoms with Crippen molar-refractivity contribution in [2.24, 2.45) is 5.92 Å². The predicted molar refractivity (Wildman–Crippen MR) is 86.5 cm³/mol.